The topological polar surface area (TPSA) is 95.5 Å². The van der Waals surface area contributed by atoms with Crippen molar-refractivity contribution in [1.29, 1.82) is 0 Å². The minimum atomic E-state index is -1.09. The second-order valence-electron chi connectivity index (χ2n) is 5.17. The fraction of sp³-hybridized carbons (Fsp3) is 0.235. The first-order valence-corrected chi connectivity index (χ1v) is 8.30. The second kappa shape index (κ2) is 7.74. The number of thiophene rings is 1. The molecule has 2 aromatic rings. The molecule has 1 heterocycles. The minimum absolute atomic E-state index is 0.265. The van der Waals surface area contributed by atoms with Crippen molar-refractivity contribution < 1.29 is 19.5 Å². The van der Waals surface area contributed by atoms with Crippen molar-refractivity contribution in [1.82, 2.24) is 5.32 Å². The maximum Gasteiger partial charge on any atom is 0.326 e. The smallest absolute Gasteiger partial charge is 0.326 e. The molecule has 0 aliphatic heterocycles. The predicted molar refractivity (Wildman–Crippen MR) is 93.2 cm³/mol. The van der Waals surface area contributed by atoms with E-state index in [1.54, 1.807) is 12.3 Å². The summed E-state index contributed by atoms with van der Waals surface area (Å²) in [5.41, 5.74) is 1.75. The number of hydrogen-bond donors (Lipinski definition) is 3. The Balaban J connectivity index is 2.44. The number of nitrogens with one attached hydrogen (secondary N) is 2. The number of hydrogen-bond acceptors (Lipinski definition) is 4. The molecule has 0 radical (unpaired) electrons. The van der Waals surface area contributed by atoms with Crippen molar-refractivity contribution in [3.8, 4) is 11.1 Å². The quantitative estimate of drug-likeness (QED) is 0.749. The molecule has 0 fully saturated rings. The van der Waals surface area contributed by atoms with E-state index in [-0.39, 0.29) is 17.9 Å². The summed E-state index contributed by atoms with van der Waals surface area (Å²) in [5, 5.41) is 16.5. The molecular weight excluding hydrogens is 328 g/mol. The van der Waals surface area contributed by atoms with Gasteiger partial charge in [0.25, 0.3) is 5.91 Å². The van der Waals surface area contributed by atoms with E-state index >= 15 is 0 Å². The standard InChI is InChI=1S/C17H18N2O4S/c1-3-13(17(22)23)19-15(21)14-12(11-7-5-4-6-8-11)9-24-16(14)18-10(2)20/h4-9,13H,3H2,1-2H3,(H,18,20)(H,19,21)(H,22,23). The second-order valence-corrected chi connectivity index (χ2v) is 6.05. The third kappa shape index (κ3) is 3.99. The Morgan fingerprint density at radius 2 is 1.88 bits per heavy atom. The van der Waals surface area contributed by atoms with Gasteiger partial charge in [-0.2, -0.15) is 0 Å². The Kier molecular flexibility index (Phi) is 5.70. The zero-order valence-electron chi connectivity index (χ0n) is 13.3. The number of carboxylic acid groups (broad SMARTS) is 1. The molecule has 7 heteroatoms. The molecule has 1 aromatic carbocycles. The number of carboxylic acids is 1. The lowest BCUT2D eigenvalue weighted by Gasteiger charge is -2.14. The van der Waals surface area contributed by atoms with Gasteiger partial charge in [-0.3, -0.25) is 9.59 Å². The predicted octanol–water partition coefficient (Wildman–Crippen LogP) is 2.97. The van der Waals surface area contributed by atoms with E-state index in [1.807, 2.05) is 30.3 Å². The lowest BCUT2D eigenvalue weighted by atomic mass is 10.0. The van der Waals surface area contributed by atoms with E-state index in [2.05, 4.69) is 10.6 Å². The highest BCUT2D eigenvalue weighted by Crippen LogP contribution is 2.35. The van der Waals surface area contributed by atoms with E-state index < -0.39 is 17.9 Å². The molecule has 1 atom stereocenters. The zero-order chi connectivity index (χ0) is 17.7. The van der Waals surface area contributed by atoms with Gasteiger partial charge in [-0.15, -0.1) is 11.3 Å². The van der Waals surface area contributed by atoms with E-state index in [9.17, 15) is 14.4 Å². The van der Waals surface area contributed by atoms with E-state index in [4.69, 9.17) is 5.11 Å². The molecular formula is C17H18N2O4S. The van der Waals surface area contributed by atoms with Crippen LogP contribution in [-0.4, -0.2) is 28.9 Å². The van der Waals surface area contributed by atoms with Gasteiger partial charge in [0.2, 0.25) is 5.91 Å². The monoisotopic (exact) mass is 346 g/mol. The van der Waals surface area contributed by atoms with Crippen LogP contribution in [-0.2, 0) is 9.59 Å². The average Bonchev–Trinajstić information content (AvgIpc) is 2.95. The molecule has 0 aliphatic carbocycles. The van der Waals surface area contributed by atoms with Crippen molar-refractivity contribution >= 4 is 34.1 Å². The fourth-order valence-electron chi connectivity index (χ4n) is 2.23. The Morgan fingerprint density at radius 1 is 1.21 bits per heavy atom. The molecule has 0 spiro atoms. The van der Waals surface area contributed by atoms with Gasteiger partial charge in [-0.25, -0.2) is 4.79 Å². The van der Waals surface area contributed by atoms with Crippen molar-refractivity contribution in [2.75, 3.05) is 5.32 Å². The largest absolute Gasteiger partial charge is 0.480 e. The lowest BCUT2D eigenvalue weighted by molar-refractivity contribution is -0.139. The van der Waals surface area contributed by atoms with Crippen LogP contribution >= 0.6 is 11.3 Å². The molecule has 24 heavy (non-hydrogen) atoms. The number of aliphatic carboxylic acids is 1. The van der Waals surface area contributed by atoms with Gasteiger partial charge in [0.1, 0.15) is 11.0 Å². The van der Waals surface area contributed by atoms with Crippen LogP contribution < -0.4 is 10.6 Å². The summed E-state index contributed by atoms with van der Waals surface area (Å²) in [6.45, 7) is 3.04. The highest BCUT2D eigenvalue weighted by Gasteiger charge is 2.25. The fourth-order valence-corrected chi connectivity index (χ4v) is 3.25. The van der Waals surface area contributed by atoms with Crippen molar-refractivity contribution in [3.63, 3.8) is 0 Å². The van der Waals surface area contributed by atoms with Crippen molar-refractivity contribution in [2.45, 2.75) is 26.3 Å². The Morgan fingerprint density at radius 3 is 2.42 bits per heavy atom. The summed E-state index contributed by atoms with van der Waals surface area (Å²) in [6.07, 6.45) is 0.265. The first-order valence-electron chi connectivity index (χ1n) is 7.42. The number of benzene rings is 1. The Labute approximate surface area is 143 Å². The van der Waals surface area contributed by atoms with Crippen LogP contribution in [0.15, 0.2) is 35.7 Å². The summed E-state index contributed by atoms with van der Waals surface area (Å²) in [5.74, 6) is -1.91. The normalized spacial score (nSPS) is 11.6. The van der Waals surface area contributed by atoms with Gasteiger partial charge in [-0.1, -0.05) is 37.3 Å². The maximum absolute atomic E-state index is 12.7. The van der Waals surface area contributed by atoms with Crippen LogP contribution in [0.3, 0.4) is 0 Å². The Bertz CT molecular complexity index is 755. The third-order valence-electron chi connectivity index (χ3n) is 3.40. The van der Waals surface area contributed by atoms with Crippen molar-refractivity contribution in [2.24, 2.45) is 0 Å². The van der Waals surface area contributed by atoms with Gasteiger partial charge in [0.05, 0.1) is 5.56 Å². The molecule has 0 aliphatic rings. The molecule has 1 unspecified atom stereocenters. The summed E-state index contributed by atoms with van der Waals surface area (Å²) in [6, 6.07) is 8.28. The summed E-state index contributed by atoms with van der Waals surface area (Å²) in [7, 11) is 0. The van der Waals surface area contributed by atoms with Crippen LogP contribution in [0.25, 0.3) is 11.1 Å². The molecule has 126 valence electrons. The first-order chi connectivity index (χ1) is 11.4. The zero-order valence-corrected chi connectivity index (χ0v) is 14.1. The molecule has 0 bridgehead atoms. The molecule has 2 rings (SSSR count). The van der Waals surface area contributed by atoms with Crippen LogP contribution in [0.5, 0.6) is 0 Å². The number of amides is 2. The average molecular weight is 346 g/mol. The van der Waals surface area contributed by atoms with E-state index in [0.717, 1.165) is 5.56 Å². The lowest BCUT2D eigenvalue weighted by Crippen LogP contribution is -2.40. The number of carbonyl (C=O) groups is 3. The van der Waals surface area contributed by atoms with Gasteiger partial charge < -0.3 is 15.7 Å². The van der Waals surface area contributed by atoms with Gasteiger partial charge >= 0.3 is 5.97 Å². The molecule has 2 amide bonds. The highest BCUT2D eigenvalue weighted by atomic mass is 32.1. The Hall–Kier alpha value is -2.67. The van der Waals surface area contributed by atoms with E-state index in [0.29, 0.717) is 10.6 Å². The van der Waals surface area contributed by atoms with Gasteiger partial charge in [0, 0.05) is 17.9 Å². The third-order valence-corrected chi connectivity index (χ3v) is 4.30. The maximum atomic E-state index is 12.7. The number of rotatable bonds is 6. The van der Waals surface area contributed by atoms with Crippen molar-refractivity contribution in [3.05, 3.63) is 41.3 Å². The van der Waals surface area contributed by atoms with Crippen LogP contribution in [0.2, 0.25) is 0 Å². The summed E-state index contributed by atoms with van der Waals surface area (Å²) >= 11 is 1.23. The molecule has 6 nitrogen and oxygen atoms in total. The molecule has 0 saturated carbocycles. The summed E-state index contributed by atoms with van der Waals surface area (Å²) in [4.78, 5) is 35.2. The SMILES string of the molecule is CCC(NC(=O)c1c(-c2ccccc2)csc1NC(C)=O)C(=O)O. The molecule has 0 saturated heterocycles. The highest BCUT2D eigenvalue weighted by molar-refractivity contribution is 7.15. The van der Waals surface area contributed by atoms with Gasteiger partial charge in [-0.05, 0) is 12.0 Å². The van der Waals surface area contributed by atoms with Crippen LogP contribution in [0.4, 0.5) is 5.00 Å². The van der Waals surface area contributed by atoms with Gasteiger partial charge in [0.15, 0.2) is 0 Å². The molecule has 1 aromatic heterocycles. The van der Waals surface area contributed by atoms with E-state index in [1.165, 1.54) is 18.3 Å². The number of anilines is 1. The first kappa shape index (κ1) is 17.7. The number of carbonyl (C=O) groups excluding carboxylic acids is 2. The summed E-state index contributed by atoms with van der Waals surface area (Å²) < 4.78 is 0. The minimum Gasteiger partial charge on any atom is -0.480 e. The van der Waals surface area contributed by atoms with Crippen LogP contribution in [0, 0.1) is 0 Å². The van der Waals surface area contributed by atoms with Crippen LogP contribution in [0.1, 0.15) is 30.6 Å². The molecule has 3 N–H and O–H groups in total.